The molecule has 0 spiro atoms. The summed E-state index contributed by atoms with van der Waals surface area (Å²) in [6.45, 7) is 2.01. The number of amides is 1. The van der Waals surface area contributed by atoms with Crippen molar-refractivity contribution in [3.05, 3.63) is 107 Å². The number of rotatable bonds is 9. The van der Waals surface area contributed by atoms with E-state index in [0.29, 0.717) is 0 Å². The van der Waals surface area contributed by atoms with Gasteiger partial charge in [-0.05, 0) is 30.0 Å². The minimum atomic E-state index is -1.03. The molecule has 0 saturated heterocycles. The predicted octanol–water partition coefficient (Wildman–Crippen LogP) is 3.60. The molecule has 3 rings (SSSR count). The normalized spacial score (nSPS) is 12.3. The molecule has 0 radical (unpaired) electrons. The van der Waals surface area contributed by atoms with E-state index >= 15 is 0 Å². The summed E-state index contributed by atoms with van der Waals surface area (Å²) >= 11 is 0. The monoisotopic (exact) mass is 402 g/mol. The molecule has 0 heterocycles. The number of carbonyl (C=O) groups is 2. The number of aliphatic carboxylic acids is 1. The Kier molecular flexibility index (Phi) is 6.65. The smallest absolute Gasteiger partial charge is 0.320 e. The molecule has 0 saturated carbocycles. The summed E-state index contributed by atoms with van der Waals surface area (Å²) in [5.41, 5.74) is 8.21. The van der Waals surface area contributed by atoms with Gasteiger partial charge in [0.05, 0.1) is 5.54 Å². The van der Waals surface area contributed by atoms with Gasteiger partial charge in [0.1, 0.15) is 6.04 Å². The molecule has 1 amide bonds. The summed E-state index contributed by atoms with van der Waals surface area (Å²) in [6.07, 6.45) is 0.0788. The van der Waals surface area contributed by atoms with Crippen LogP contribution in [0.4, 0.5) is 0 Å². The summed E-state index contributed by atoms with van der Waals surface area (Å²) in [4.78, 5) is 23.5. The van der Waals surface area contributed by atoms with E-state index in [4.69, 9.17) is 5.73 Å². The van der Waals surface area contributed by atoms with Gasteiger partial charge >= 0.3 is 5.97 Å². The lowest BCUT2D eigenvalue weighted by atomic mass is 9.76. The van der Waals surface area contributed by atoms with Crippen LogP contribution in [0, 0.1) is 6.92 Å². The molecule has 0 fully saturated rings. The average Bonchev–Trinajstić information content (AvgIpc) is 2.76. The number of hydrogen-bond donors (Lipinski definition) is 3. The van der Waals surface area contributed by atoms with Gasteiger partial charge in [0, 0.05) is 6.42 Å². The van der Waals surface area contributed by atoms with Crippen LogP contribution in [0.2, 0.25) is 0 Å². The first kappa shape index (κ1) is 21.3. The lowest BCUT2D eigenvalue weighted by molar-refractivity contribution is -0.140. The van der Waals surface area contributed by atoms with Gasteiger partial charge in [0.2, 0.25) is 5.91 Å². The zero-order valence-electron chi connectivity index (χ0n) is 16.9. The van der Waals surface area contributed by atoms with Crippen LogP contribution in [-0.2, 0) is 15.1 Å². The minimum absolute atomic E-state index is 0.0163. The van der Waals surface area contributed by atoms with Crippen molar-refractivity contribution in [2.75, 3.05) is 0 Å². The molecule has 0 aliphatic heterocycles. The molecule has 3 aromatic carbocycles. The minimum Gasteiger partial charge on any atom is -0.480 e. The third-order valence-electron chi connectivity index (χ3n) is 5.27. The first-order chi connectivity index (χ1) is 14.4. The third-order valence-corrected chi connectivity index (χ3v) is 5.27. The maximum absolute atomic E-state index is 12.1. The highest BCUT2D eigenvalue weighted by Crippen LogP contribution is 2.37. The maximum atomic E-state index is 12.1. The summed E-state index contributed by atoms with van der Waals surface area (Å²) in [7, 11) is 0. The zero-order chi connectivity index (χ0) is 21.6. The van der Waals surface area contributed by atoms with Gasteiger partial charge in [-0.2, -0.15) is 0 Å². The fourth-order valence-corrected chi connectivity index (χ4v) is 3.74. The number of carboxylic acid groups (broad SMARTS) is 1. The van der Waals surface area contributed by atoms with E-state index < -0.39 is 23.5 Å². The number of benzene rings is 3. The molecule has 0 unspecified atom stereocenters. The number of carboxylic acids is 1. The second kappa shape index (κ2) is 9.37. The van der Waals surface area contributed by atoms with Crippen LogP contribution in [0.15, 0.2) is 84.9 Å². The first-order valence-corrected chi connectivity index (χ1v) is 9.90. The molecule has 1 atom stereocenters. The van der Waals surface area contributed by atoms with E-state index in [1.807, 2.05) is 91.9 Å². The summed E-state index contributed by atoms with van der Waals surface area (Å²) in [6, 6.07) is 26.6. The van der Waals surface area contributed by atoms with Crippen molar-refractivity contribution in [1.29, 1.82) is 0 Å². The van der Waals surface area contributed by atoms with Crippen molar-refractivity contribution in [2.45, 2.75) is 31.3 Å². The molecule has 154 valence electrons. The molecule has 30 heavy (non-hydrogen) atoms. The van der Waals surface area contributed by atoms with E-state index in [9.17, 15) is 14.7 Å². The highest BCUT2D eigenvalue weighted by molar-refractivity contribution is 5.77. The summed E-state index contributed by atoms with van der Waals surface area (Å²) in [5.74, 6) is -1.55. The van der Waals surface area contributed by atoms with Gasteiger partial charge in [-0.3, -0.25) is 14.9 Å². The molecule has 0 aromatic heterocycles. The van der Waals surface area contributed by atoms with Crippen LogP contribution >= 0.6 is 0 Å². The second-order valence-corrected chi connectivity index (χ2v) is 7.39. The van der Waals surface area contributed by atoms with Crippen molar-refractivity contribution < 1.29 is 14.7 Å². The van der Waals surface area contributed by atoms with E-state index in [2.05, 4.69) is 5.32 Å². The average molecular weight is 402 g/mol. The quantitative estimate of drug-likeness (QED) is 0.477. The van der Waals surface area contributed by atoms with Gasteiger partial charge in [-0.1, -0.05) is 90.5 Å². The Morgan fingerprint density at radius 1 is 0.867 bits per heavy atom. The summed E-state index contributed by atoms with van der Waals surface area (Å²) in [5, 5.41) is 13.3. The molecule has 0 bridgehead atoms. The largest absolute Gasteiger partial charge is 0.480 e. The van der Waals surface area contributed by atoms with Gasteiger partial charge in [0.15, 0.2) is 0 Å². The molecule has 0 aliphatic rings. The molecule has 5 heteroatoms. The Balaban J connectivity index is 2.23. The molecule has 5 nitrogen and oxygen atoms in total. The zero-order valence-corrected chi connectivity index (χ0v) is 16.9. The highest BCUT2D eigenvalue weighted by Gasteiger charge is 2.39. The Morgan fingerprint density at radius 2 is 1.33 bits per heavy atom. The van der Waals surface area contributed by atoms with Gasteiger partial charge < -0.3 is 10.8 Å². The molecular weight excluding hydrogens is 376 g/mol. The Morgan fingerprint density at radius 3 is 1.77 bits per heavy atom. The van der Waals surface area contributed by atoms with Crippen molar-refractivity contribution in [3.8, 4) is 0 Å². The highest BCUT2D eigenvalue weighted by atomic mass is 16.4. The summed E-state index contributed by atoms with van der Waals surface area (Å²) < 4.78 is 0. The Bertz CT molecular complexity index is 946. The van der Waals surface area contributed by atoms with Crippen LogP contribution in [-0.4, -0.2) is 23.0 Å². The van der Waals surface area contributed by atoms with Crippen molar-refractivity contribution in [2.24, 2.45) is 5.73 Å². The van der Waals surface area contributed by atoms with E-state index in [0.717, 1.165) is 22.3 Å². The number of hydrogen-bond acceptors (Lipinski definition) is 3. The number of nitrogens with two attached hydrogens (primary N) is 1. The van der Waals surface area contributed by atoms with Crippen molar-refractivity contribution in [3.63, 3.8) is 0 Å². The standard InChI is InChI=1S/C25H26N2O3/c1-18-12-14-21(15-13-18)25(19-8-4-2-5-9-19,20-10-6-3-7-11-20)27-22(24(29)30)16-17-23(26)28/h2-15,22,27H,16-17H2,1H3,(H2,26,28)(H,29,30)/t22-/m1/s1. The molecule has 3 aromatic rings. The lowest BCUT2D eigenvalue weighted by Crippen LogP contribution is -2.52. The number of aryl methyl sites for hydroxylation is 1. The van der Waals surface area contributed by atoms with E-state index in [1.165, 1.54) is 0 Å². The van der Waals surface area contributed by atoms with Crippen LogP contribution in [0.25, 0.3) is 0 Å². The Hall–Kier alpha value is -3.44. The fourth-order valence-electron chi connectivity index (χ4n) is 3.74. The lowest BCUT2D eigenvalue weighted by Gasteiger charge is -2.39. The van der Waals surface area contributed by atoms with Crippen LogP contribution in [0.1, 0.15) is 35.1 Å². The van der Waals surface area contributed by atoms with E-state index in [-0.39, 0.29) is 12.8 Å². The number of carbonyl (C=O) groups excluding carboxylic acids is 1. The number of nitrogens with one attached hydrogen (secondary N) is 1. The van der Waals surface area contributed by atoms with Gasteiger partial charge in [-0.15, -0.1) is 0 Å². The molecule has 4 N–H and O–H groups in total. The Labute approximate surface area is 176 Å². The van der Waals surface area contributed by atoms with Gasteiger partial charge in [-0.25, -0.2) is 0 Å². The second-order valence-electron chi connectivity index (χ2n) is 7.39. The fraction of sp³-hybridized carbons (Fsp3) is 0.200. The number of primary amides is 1. The predicted molar refractivity (Wildman–Crippen MR) is 117 cm³/mol. The third kappa shape index (κ3) is 4.58. The van der Waals surface area contributed by atoms with Crippen molar-refractivity contribution >= 4 is 11.9 Å². The first-order valence-electron chi connectivity index (χ1n) is 9.90. The molecular formula is C25H26N2O3. The topological polar surface area (TPSA) is 92.4 Å². The van der Waals surface area contributed by atoms with Crippen molar-refractivity contribution in [1.82, 2.24) is 5.32 Å². The maximum Gasteiger partial charge on any atom is 0.320 e. The molecule has 0 aliphatic carbocycles. The van der Waals surface area contributed by atoms with E-state index in [1.54, 1.807) is 0 Å². The van der Waals surface area contributed by atoms with Gasteiger partial charge in [0.25, 0.3) is 0 Å². The van der Waals surface area contributed by atoms with Crippen LogP contribution < -0.4 is 11.1 Å². The van der Waals surface area contributed by atoms with Crippen LogP contribution in [0.3, 0.4) is 0 Å². The van der Waals surface area contributed by atoms with Crippen LogP contribution in [0.5, 0.6) is 0 Å². The SMILES string of the molecule is Cc1ccc(C(N[C@H](CCC(N)=O)C(=O)O)(c2ccccc2)c2ccccc2)cc1.